The van der Waals surface area contributed by atoms with Gasteiger partial charge in [-0.2, -0.15) is 0 Å². The summed E-state index contributed by atoms with van der Waals surface area (Å²) in [5.41, 5.74) is 3.88. The highest BCUT2D eigenvalue weighted by Crippen LogP contribution is 2.50. The number of nitrogens with zero attached hydrogens (tertiary/aromatic N) is 1. The van der Waals surface area contributed by atoms with Crippen molar-refractivity contribution < 1.29 is 0 Å². The summed E-state index contributed by atoms with van der Waals surface area (Å²) in [6, 6.07) is 9.08. The van der Waals surface area contributed by atoms with Gasteiger partial charge in [-0.3, -0.25) is 4.90 Å². The van der Waals surface area contributed by atoms with Crippen molar-refractivity contribution in [3.8, 4) is 0 Å². The summed E-state index contributed by atoms with van der Waals surface area (Å²) in [5.74, 6) is 0.918. The summed E-state index contributed by atoms with van der Waals surface area (Å²) in [4.78, 5) is 2.77. The monoisotopic (exact) mass is 213 g/mol. The lowest BCUT2D eigenvalue weighted by molar-refractivity contribution is -0.0206. The van der Waals surface area contributed by atoms with Crippen molar-refractivity contribution in [3.05, 3.63) is 35.4 Å². The maximum atomic E-state index is 2.77. The molecule has 0 saturated carbocycles. The standard InChI is InChI=1S/C15H19N/c1-2-5-13-11-14(10-12(13)4-1)15-6-3-8-16(15)9-7-15/h1-2,4-5,14H,3,6-11H2. The molecular weight excluding hydrogens is 194 g/mol. The highest BCUT2D eigenvalue weighted by Gasteiger charge is 2.53. The van der Waals surface area contributed by atoms with Crippen LogP contribution in [-0.2, 0) is 12.8 Å². The highest BCUT2D eigenvalue weighted by molar-refractivity contribution is 5.34. The second-order valence-electron chi connectivity index (χ2n) is 5.82. The largest absolute Gasteiger partial charge is 0.297 e. The van der Waals surface area contributed by atoms with E-state index in [4.69, 9.17) is 0 Å². The minimum Gasteiger partial charge on any atom is -0.297 e. The third kappa shape index (κ3) is 1.05. The van der Waals surface area contributed by atoms with Crippen molar-refractivity contribution in [3.63, 3.8) is 0 Å². The fourth-order valence-corrected chi connectivity index (χ4v) is 4.36. The number of fused-ring (bicyclic) bond motifs is 2. The zero-order chi connectivity index (χ0) is 10.6. The van der Waals surface area contributed by atoms with Gasteiger partial charge >= 0.3 is 0 Å². The minimum absolute atomic E-state index is 0.624. The van der Waals surface area contributed by atoms with Crippen molar-refractivity contribution in [2.75, 3.05) is 13.1 Å². The molecule has 0 radical (unpaired) electrons. The van der Waals surface area contributed by atoms with E-state index in [1.165, 1.54) is 45.2 Å². The highest BCUT2D eigenvalue weighted by atomic mass is 15.3. The van der Waals surface area contributed by atoms with E-state index in [2.05, 4.69) is 29.2 Å². The molecule has 84 valence electrons. The van der Waals surface area contributed by atoms with Crippen LogP contribution in [-0.4, -0.2) is 23.5 Å². The van der Waals surface area contributed by atoms with Crippen LogP contribution < -0.4 is 0 Å². The first-order chi connectivity index (χ1) is 7.88. The molecule has 1 unspecified atom stereocenters. The van der Waals surface area contributed by atoms with Crippen LogP contribution in [0.15, 0.2) is 24.3 Å². The van der Waals surface area contributed by atoms with Gasteiger partial charge in [0.2, 0.25) is 0 Å². The third-order valence-electron chi connectivity index (χ3n) is 5.29. The van der Waals surface area contributed by atoms with Gasteiger partial charge in [-0.1, -0.05) is 24.3 Å². The average molecular weight is 213 g/mol. The first-order valence-corrected chi connectivity index (χ1v) is 6.70. The van der Waals surface area contributed by atoms with E-state index in [0.29, 0.717) is 5.54 Å². The number of hydrogen-bond donors (Lipinski definition) is 0. The number of rotatable bonds is 1. The van der Waals surface area contributed by atoms with Crippen LogP contribution >= 0.6 is 0 Å². The van der Waals surface area contributed by atoms with Gasteiger partial charge in [0.1, 0.15) is 0 Å². The van der Waals surface area contributed by atoms with Crippen LogP contribution in [0.2, 0.25) is 0 Å². The molecule has 3 aliphatic rings. The Morgan fingerprint density at radius 3 is 2.31 bits per heavy atom. The zero-order valence-corrected chi connectivity index (χ0v) is 9.78. The van der Waals surface area contributed by atoms with Crippen molar-refractivity contribution in [2.24, 2.45) is 5.92 Å². The molecule has 0 amide bonds. The summed E-state index contributed by atoms with van der Waals surface area (Å²) in [6.07, 6.45) is 7.05. The van der Waals surface area contributed by atoms with Crippen molar-refractivity contribution >= 4 is 0 Å². The lowest BCUT2D eigenvalue weighted by atomic mass is 9.72. The van der Waals surface area contributed by atoms with Crippen molar-refractivity contribution in [2.45, 2.75) is 37.6 Å². The van der Waals surface area contributed by atoms with Gasteiger partial charge < -0.3 is 0 Å². The average Bonchev–Trinajstić information content (AvgIpc) is 2.81. The molecule has 0 N–H and O–H groups in total. The second kappa shape index (κ2) is 3.10. The molecule has 1 aromatic carbocycles. The van der Waals surface area contributed by atoms with Crippen LogP contribution in [0.1, 0.15) is 30.4 Å². The van der Waals surface area contributed by atoms with Gasteiger partial charge in [0, 0.05) is 12.1 Å². The molecule has 1 heteroatoms. The van der Waals surface area contributed by atoms with E-state index in [0.717, 1.165) is 5.92 Å². The minimum atomic E-state index is 0.624. The molecule has 2 heterocycles. The van der Waals surface area contributed by atoms with Gasteiger partial charge in [0.05, 0.1) is 0 Å². The quantitative estimate of drug-likeness (QED) is 0.693. The normalized spacial score (nSPS) is 33.5. The molecule has 1 aliphatic carbocycles. The van der Waals surface area contributed by atoms with Gasteiger partial charge in [0.25, 0.3) is 0 Å². The first kappa shape index (κ1) is 9.23. The van der Waals surface area contributed by atoms with Gasteiger partial charge in [-0.25, -0.2) is 0 Å². The number of hydrogen-bond acceptors (Lipinski definition) is 1. The Labute approximate surface area is 97.5 Å². The molecule has 16 heavy (non-hydrogen) atoms. The van der Waals surface area contributed by atoms with Crippen LogP contribution in [0.5, 0.6) is 0 Å². The maximum absolute atomic E-state index is 2.77. The van der Waals surface area contributed by atoms with Crippen LogP contribution in [0, 0.1) is 5.92 Å². The number of benzene rings is 1. The van der Waals surface area contributed by atoms with Crippen LogP contribution in [0.4, 0.5) is 0 Å². The molecule has 2 fully saturated rings. The zero-order valence-electron chi connectivity index (χ0n) is 9.78. The Morgan fingerprint density at radius 1 is 1.00 bits per heavy atom. The van der Waals surface area contributed by atoms with E-state index in [9.17, 15) is 0 Å². The van der Waals surface area contributed by atoms with E-state index in [1.807, 2.05) is 0 Å². The Hall–Kier alpha value is -0.820. The van der Waals surface area contributed by atoms with Gasteiger partial charge in [-0.15, -0.1) is 0 Å². The van der Waals surface area contributed by atoms with Crippen molar-refractivity contribution in [1.29, 1.82) is 0 Å². The molecule has 1 nitrogen and oxygen atoms in total. The molecule has 2 aliphatic heterocycles. The Kier molecular flexibility index (Phi) is 1.79. The third-order valence-corrected chi connectivity index (χ3v) is 5.29. The second-order valence-corrected chi connectivity index (χ2v) is 5.82. The smallest absolute Gasteiger partial charge is 0.0256 e. The molecule has 1 aromatic rings. The molecule has 0 bridgehead atoms. The summed E-state index contributed by atoms with van der Waals surface area (Å²) in [6.45, 7) is 2.74. The predicted octanol–water partition coefficient (Wildman–Crippen LogP) is 2.64. The molecule has 1 atom stereocenters. The van der Waals surface area contributed by atoms with Gasteiger partial charge in [0.15, 0.2) is 0 Å². The predicted molar refractivity (Wildman–Crippen MR) is 65.5 cm³/mol. The fourth-order valence-electron chi connectivity index (χ4n) is 4.36. The van der Waals surface area contributed by atoms with E-state index < -0.39 is 0 Å². The molecular formula is C15H19N. The topological polar surface area (TPSA) is 3.24 Å². The first-order valence-electron chi connectivity index (χ1n) is 6.70. The van der Waals surface area contributed by atoms with E-state index >= 15 is 0 Å². The molecule has 0 aromatic heterocycles. The SMILES string of the molecule is c1ccc2c(c1)CC(C13CCCN1CC3)C2. The fraction of sp³-hybridized carbons (Fsp3) is 0.600. The van der Waals surface area contributed by atoms with E-state index in [-0.39, 0.29) is 0 Å². The maximum Gasteiger partial charge on any atom is 0.0256 e. The summed E-state index contributed by atoms with van der Waals surface area (Å²) < 4.78 is 0. The molecule has 2 saturated heterocycles. The summed E-state index contributed by atoms with van der Waals surface area (Å²) in [5, 5.41) is 0. The van der Waals surface area contributed by atoms with Gasteiger partial charge in [-0.05, 0) is 55.7 Å². The lowest BCUT2D eigenvalue weighted by Crippen LogP contribution is -2.60. The van der Waals surface area contributed by atoms with Crippen LogP contribution in [0.25, 0.3) is 0 Å². The Balaban J connectivity index is 1.64. The van der Waals surface area contributed by atoms with Crippen molar-refractivity contribution in [1.82, 2.24) is 4.90 Å². The molecule has 0 spiro atoms. The summed E-state index contributed by atoms with van der Waals surface area (Å²) in [7, 11) is 0. The summed E-state index contributed by atoms with van der Waals surface area (Å²) >= 11 is 0. The lowest BCUT2D eigenvalue weighted by Gasteiger charge is -2.52. The van der Waals surface area contributed by atoms with Crippen LogP contribution in [0.3, 0.4) is 0 Å². The molecule has 4 rings (SSSR count). The Bertz CT molecular complexity index is 400. The Morgan fingerprint density at radius 2 is 1.75 bits per heavy atom. The van der Waals surface area contributed by atoms with E-state index in [1.54, 1.807) is 11.1 Å².